The molecule has 16 heavy (non-hydrogen) atoms. The largest absolute Gasteiger partial charge is 0.370 e. The zero-order valence-electron chi connectivity index (χ0n) is 10.4. The third-order valence-electron chi connectivity index (χ3n) is 3.31. The molecule has 2 atom stereocenters. The predicted octanol–water partition coefficient (Wildman–Crippen LogP) is 1.14. The second kappa shape index (κ2) is 6.86. The lowest BCUT2D eigenvalue weighted by Crippen LogP contribution is -2.50. The number of likely N-dealkylation sites (tertiary alicyclic amines) is 1. The molecule has 1 aliphatic heterocycles. The fraction of sp³-hybridized carbons (Fsp3) is 0.917. The lowest BCUT2D eigenvalue weighted by Gasteiger charge is -2.37. The summed E-state index contributed by atoms with van der Waals surface area (Å²) < 4.78 is 5.12. The zero-order valence-corrected chi connectivity index (χ0v) is 10.4. The van der Waals surface area contributed by atoms with E-state index < -0.39 is 6.10 Å². The number of nitrogens with two attached hydrogens (primary N) is 1. The van der Waals surface area contributed by atoms with Crippen molar-refractivity contribution in [2.45, 2.75) is 51.2 Å². The number of methoxy groups -OCH3 is 1. The maximum absolute atomic E-state index is 12.2. The Labute approximate surface area is 98.1 Å². The highest BCUT2D eigenvalue weighted by molar-refractivity contribution is 5.81. The van der Waals surface area contributed by atoms with Gasteiger partial charge in [-0.1, -0.05) is 13.3 Å². The Morgan fingerprint density at radius 2 is 2.31 bits per heavy atom. The molecule has 1 fully saturated rings. The number of carbonyl (C=O) groups excluding carboxylic acids is 1. The standard InChI is InChI=1S/C12H24N2O2/c1-3-6-10-7-4-5-8-14(10)12(15)11(9-13)16-2/h10-11H,3-9,13H2,1-2H3. The SMILES string of the molecule is CCCC1CCCCN1C(=O)C(CN)OC. The van der Waals surface area contributed by atoms with Crippen molar-refractivity contribution in [1.82, 2.24) is 4.90 Å². The summed E-state index contributed by atoms with van der Waals surface area (Å²) >= 11 is 0. The average molecular weight is 228 g/mol. The Kier molecular flexibility index (Phi) is 5.77. The number of hydrogen-bond acceptors (Lipinski definition) is 3. The zero-order chi connectivity index (χ0) is 12.0. The molecule has 0 spiro atoms. The van der Waals surface area contributed by atoms with Crippen LogP contribution < -0.4 is 5.73 Å². The van der Waals surface area contributed by atoms with Crippen molar-refractivity contribution in [1.29, 1.82) is 0 Å². The van der Waals surface area contributed by atoms with Gasteiger partial charge in [0.2, 0.25) is 0 Å². The third kappa shape index (κ3) is 3.19. The Bertz CT molecular complexity index is 215. The summed E-state index contributed by atoms with van der Waals surface area (Å²) in [6.07, 6.45) is 5.21. The Morgan fingerprint density at radius 1 is 1.56 bits per heavy atom. The van der Waals surface area contributed by atoms with Crippen molar-refractivity contribution in [2.75, 3.05) is 20.2 Å². The lowest BCUT2D eigenvalue weighted by molar-refractivity contribution is -0.145. The van der Waals surface area contributed by atoms with Gasteiger partial charge in [0.1, 0.15) is 6.10 Å². The van der Waals surface area contributed by atoms with Crippen LogP contribution in [-0.4, -0.2) is 43.2 Å². The van der Waals surface area contributed by atoms with Crippen LogP contribution in [0, 0.1) is 0 Å². The van der Waals surface area contributed by atoms with Crippen LogP contribution >= 0.6 is 0 Å². The molecule has 1 saturated heterocycles. The fourth-order valence-electron chi connectivity index (χ4n) is 2.41. The summed E-state index contributed by atoms with van der Waals surface area (Å²) in [5.41, 5.74) is 5.54. The van der Waals surface area contributed by atoms with E-state index in [0.29, 0.717) is 6.04 Å². The minimum absolute atomic E-state index is 0.0724. The molecule has 4 nitrogen and oxygen atoms in total. The van der Waals surface area contributed by atoms with Crippen LogP contribution in [0.1, 0.15) is 39.0 Å². The monoisotopic (exact) mass is 228 g/mol. The first-order chi connectivity index (χ1) is 7.74. The molecule has 94 valence electrons. The van der Waals surface area contributed by atoms with Crippen LogP contribution in [0.4, 0.5) is 0 Å². The Hall–Kier alpha value is -0.610. The number of rotatable bonds is 5. The van der Waals surface area contributed by atoms with Gasteiger partial charge in [0.15, 0.2) is 0 Å². The van der Waals surface area contributed by atoms with Crippen molar-refractivity contribution in [3.05, 3.63) is 0 Å². The van der Waals surface area contributed by atoms with E-state index >= 15 is 0 Å². The van der Waals surface area contributed by atoms with Gasteiger partial charge in [0, 0.05) is 26.2 Å². The van der Waals surface area contributed by atoms with Crippen molar-refractivity contribution in [3.63, 3.8) is 0 Å². The number of amides is 1. The van der Waals surface area contributed by atoms with Crippen molar-refractivity contribution < 1.29 is 9.53 Å². The van der Waals surface area contributed by atoms with Crippen LogP contribution in [-0.2, 0) is 9.53 Å². The third-order valence-corrected chi connectivity index (χ3v) is 3.31. The predicted molar refractivity (Wildman–Crippen MR) is 64.1 cm³/mol. The molecule has 0 saturated carbocycles. The van der Waals surface area contributed by atoms with E-state index in [9.17, 15) is 4.79 Å². The summed E-state index contributed by atoms with van der Waals surface area (Å²) in [7, 11) is 1.55. The summed E-state index contributed by atoms with van der Waals surface area (Å²) in [5.74, 6) is 0.0724. The molecule has 2 unspecified atom stereocenters. The van der Waals surface area contributed by atoms with Gasteiger partial charge in [-0.25, -0.2) is 0 Å². The van der Waals surface area contributed by atoms with Gasteiger partial charge < -0.3 is 15.4 Å². The van der Waals surface area contributed by atoms with E-state index in [-0.39, 0.29) is 12.5 Å². The molecule has 0 aromatic rings. The average Bonchev–Trinajstić information content (AvgIpc) is 2.31. The van der Waals surface area contributed by atoms with Gasteiger partial charge in [-0.3, -0.25) is 4.79 Å². The summed E-state index contributed by atoms with van der Waals surface area (Å²) in [5, 5.41) is 0. The number of piperidine rings is 1. The Morgan fingerprint density at radius 3 is 2.88 bits per heavy atom. The van der Waals surface area contributed by atoms with E-state index in [1.807, 2.05) is 4.90 Å². The molecule has 1 heterocycles. The molecule has 0 radical (unpaired) electrons. The quantitative estimate of drug-likeness (QED) is 0.767. The number of ether oxygens (including phenoxy) is 1. The highest BCUT2D eigenvalue weighted by Gasteiger charge is 2.30. The second-order valence-corrected chi connectivity index (χ2v) is 4.43. The Balaban J connectivity index is 2.62. The van der Waals surface area contributed by atoms with Gasteiger partial charge >= 0.3 is 0 Å². The van der Waals surface area contributed by atoms with Crippen LogP contribution in [0.2, 0.25) is 0 Å². The molecule has 0 aromatic heterocycles. The summed E-state index contributed by atoms with van der Waals surface area (Å²) in [6, 6.07) is 0.399. The van der Waals surface area contributed by atoms with E-state index in [1.165, 1.54) is 6.42 Å². The van der Waals surface area contributed by atoms with E-state index in [1.54, 1.807) is 7.11 Å². The summed E-state index contributed by atoms with van der Waals surface area (Å²) in [4.78, 5) is 14.1. The van der Waals surface area contributed by atoms with Gasteiger partial charge in [0.25, 0.3) is 5.91 Å². The molecule has 2 N–H and O–H groups in total. The van der Waals surface area contributed by atoms with E-state index in [2.05, 4.69) is 6.92 Å². The minimum Gasteiger partial charge on any atom is -0.370 e. The first-order valence-corrected chi connectivity index (χ1v) is 6.27. The smallest absolute Gasteiger partial charge is 0.253 e. The molecule has 1 aliphatic rings. The molecular weight excluding hydrogens is 204 g/mol. The molecule has 1 amide bonds. The highest BCUT2D eigenvalue weighted by Crippen LogP contribution is 2.21. The first-order valence-electron chi connectivity index (χ1n) is 6.27. The molecule has 0 aliphatic carbocycles. The maximum atomic E-state index is 12.2. The molecular formula is C12H24N2O2. The van der Waals surface area contributed by atoms with Gasteiger partial charge in [-0.2, -0.15) is 0 Å². The lowest BCUT2D eigenvalue weighted by atomic mass is 9.97. The van der Waals surface area contributed by atoms with Crippen LogP contribution in [0.3, 0.4) is 0 Å². The maximum Gasteiger partial charge on any atom is 0.253 e. The topological polar surface area (TPSA) is 55.6 Å². The normalized spacial score (nSPS) is 23.2. The number of nitrogens with zero attached hydrogens (tertiary/aromatic N) is 1. The van der Waals surface area contributed by atoms with E-state index in [4.69, 9.17) is 10.5 Å². The number of hydrogen-bond donors (Lipinski definition) is 1. The second-order valence-electron chi connectivity index (χ2n) is 4.43. The van der Waals surface area contributed by atoms with Crippen LogP contribution in [0.5, 0.6) is 0 Å². The molecule has 1 rings (SSSR count). The van der Waals surface area contributed by atoms with Crippen LogP contribution in [0.15, 0.2) is 0 Å². The van der Waals surface area contributed by atoms with Crippen molar-refractivity contribution in [3.8, 4) is 0 Å². The van der Waals surface area contributed by atoms with Gasteiger partial charge in [-0.05, 0) is 25.7 Å². The molecule has 4 heteroatoms. The molecule has 0 bridgehead atoms. The number of carbonyl (C=O) groups is 1. The first kappa shape index (κ1) is 13.5. The van der Waals surface area contributed by atoms with Crippen LogP contribution in [0.25, 0.3) is 0 Å². The van der Waals surface area contributed by atoms with Crippen molar-refractivity contribution in [2.24, 2.45) is 5.73 Å². The summed E-state index contributed by atoms with van der Waals surface area (Å²) in [6.45, 7) is 3.29. The van der Waals surface area contributed by atoms with E-state index in [0.717, 1.165) is 32.2 Å². The van der Waals surface area contributed by atoms with Gasteiger partial charge in [0.05, 0.1) is 0 Å². The van der Waals surface area contributed by atoms with Crippen molar-refractivity contribution >= 4 is 5.91 Å². The minimum atomic E-state index is -0.461. The fourth-order valence-corrected chi connectivity index (χ4v) is 2.41. The van der Waals surface area contributed by atoms with Gasteiger partial charge in [-0.15, -0.1) is 0 Å². The molecule has 0 aromatic carbocycles. The highest BCUT2D eigenvalue weighted by atomic mass is 16.5.